The summed E-state index contributed by atoms with van der Waals surface area (Å²) in [7, 11) is 0. The summed E-state index contributed by atoms with van der Waals surface area (Å²) in [6, 6.07) is 37.2. The molecule has 0 bridgehead atoms. The molecule has 3 unspecified atom stereocenters. The van der Waals surface area contributed by atoms with Crippen LogP contribution in [0, 0.1) is 0 Å². The van der Waals surface area contributed by atoms with Gasteiger partial charge in [0.15, 0.2) is 5.82 Å². The summed E-state index contributed by atoms with van der Waals surface area (Å²) in [5.41, 5.74) is 5.78. The number of alkyl halides is 2. The highest BCUT2D eigenvalue weighted by atomic mass is 19.3. The molecule has 0 saturated carbocycles. The summed E-state index contributed by atoms with van der Waals surface area (Å²) in [5, 5.41) is 0. The van der Waals surface area contributed by atoms with Gasteiger partial charge < -0.3 is 19.9 Å². The number of nitrogens with two attached hydrogens (primary N) is 1. The summed E-state index contributed by atoms with van der Waals surface area (Å²) < 4.78 is 51.4. The van der Waals surface area contributed by atoms with Crippen LogP contribution in [0.3, 0.4) is 0 Å². The van der Waals surface area contributed by atoms with Crippen molar-refractivity contribution in [1.82, 2.24) is 4.98 Å². The summed E-state index contributed by atoms with van der Waals surface area (Å²) in [4.78, 5) is 28.1. The first-order chi connectivity index (χ1) is 21.8. The molecule has 4 aromatic carbocycles. The summed E-state index contributed by atoms with van der Waals surface area (Å²) in [6.07, 6.45) is -4.62. The monoisotopic (exact) mass is 610 g/mol. The molecule has 0 aliphatic carbocycles. The van der Waals surface area contributed by atoms with E-state index in [1.807, 2.05) is 91.0 Å². The Morgan fingerprint density at radius 1 is 0.822 bits per heavy atom. The van der Waals surface area contributed by atoms with Crippen LogP contribution in [-0.2, 0) is 19.8 Å². The van der Waals surface area contributed by atoms with E-state index in [1.54, 1.807) is 18.2 Å². The summed E-state index contributed by atoms with van der Waals surface area (Å²) in [6.45, 7) is -0.440. The molecule has 0 radical (unpaired) electrons. The molecule has 6 rings (SSSR count). The number of nitrogens with zero attached hydrogens (tertiary/aromatic N) is 1. The topological polar surface area (TPSA) is 108 Å². The smallest absolute Gasteiger partial charge is 0.449 e. The molecule has 45 heavy (non-hydrogen) atoms. The van der Waals surface area contributed by atoms with Crippen LogP contribution in [0.5, 0.6) is 0 Å². The van der Waals surface area contributed by atoms with Gasteiger partial charge >= 0.3 is 17.6 Å². The summed E-state index contributed by atoms with van der Waals surface area (Å²) >= 11 is 0. The number of hydrogen-bond acceptors (Lipinski definition) is 6. The summed E-state index contributed by atoms with van der Waals surface area (Å²) in [5.74, 6) is -4.82. The third-order valence-electron chi connectivity index (χ3n) is 7.75. The SMILES string of the molecule is Nc1cc[n+](C2OC(COC(c3ccccc3)(c3ccccc3)c3ccccc3)C(OC(=O)c3ccccc3)C2(F)F)c(=O)[nH]1. The van der Waals surface area contributed by atoms with Crippen LogP contribution in [0.15, 0.2) is 138 Å². The number of anilines is 1. The van der Waals surface area contributed by atoms with E-state index in [4.69, 9.17) is 19.9 Å². The van der Waals surface area contributed by atoms with E-state index in [2.05, 4.69) is 4.98 Å². The third kappa shape index (κ3) is 5.73. The molecule has 8 nitrogen and oxygen atoms in total. The minimum absolute atomic E-state index is 0.0112. The van der Waals surface area contributed by atoms with Crippen molar-refractivity contribution in [1.29, 1.82) is 0 Å². The lowest BCUT2D eigenvalue weighted by atomic mass is 9.80. The van der Waals surface area contributed by atoms with Gasteiger partial charge in [0.2, 0.25) is 6.10 Å². The maximum absolute atomic E-state index is 16.3. The zero-order valence-corrected chi connectivity index (χ0v) is 24.0. The average Bonchev–Trinajstić information content (AvgIpc) is 3.31. The number of benzene rings is 4. The molecule has 0 amide bonds. The number of esters is 1. The minimum Gasteiger partial charge on any atom is -0.449 e. The Morgan fingerprint density at radius 2 is 1.31 bits per heavy atom. The van der Waals surface area contributed by atoms with E-state index < -0.39 is 48.2 Å². The van der Waals surface area contributed by atoms with Crippen LogP contribution in [0.2, 0.25) is 0 Å². The predicted molar refractivity (Wildman–Crippen MR) is 161 cm³/mol. The van der Waals surface area contributed by atoms with Crippen molar-refractivity contribution in [2.75, 3.05) is 12.3 Å². The van der Waals surface area contributed by atoms with Crippen LogP contribution in [0.25, 0.3) is 0 Å². The van der Waals surface area contributed by atoms with Crippen molar-refractivity contribution in [2.24, 2.45) is 0 Å². The van der Waals surface area contributed by atoms with E-state index in [9.17, 15) is 9.59 Å². The fourth-order valence-electron chi connectivity index (χ4n) is 5.62. The number of H-pyrrole nitrogens is 1. The standard InChI is InChI=1S/C35H29F2N3O5/c36-35(37)30(45-31(41)24-13-5-1-6-14-24)28(44-32(35)40-22-21-29(38)39-33(40)42)23-43-34(25-15-7-2-8-16-25,26-17-9-3-10-18-26)27-19-11-4-12-20-27/h1-22,28,30,32H,23H2,(H2,38,39,42)/p+1. The molecule has 1 saturated heterocycles. The molecule has 3 N–H and O–H groups in total. The molecule has 0 spiro atoms. The first kappa shape index (κ1) is 29.9. The second-order valence-corrected chi connectivity index (χ2v) is 10.6. The first-order valence-electron chi connectivity index (χ1n) is 14.3. The number of carbonyl (C=O) groups excluding carboxylic acids is 1. The second-order valence-electron chi connectivity index (χ2n) is 10.6. The van der Waals surface area contributed by atoms with Crippen molar-refractivity contribution in [3.05, 3.63) is 166 Å². The van der Waals surface area contributed by atoms with E-state index in [0.717, 1.165) is 22.9 Å². The van der Waals surface area contributed by atoms with Gasteiger partial charge in [-0.1, -0.05) is 109 Å². The molecule has 10 heteroatoms. The number of carbonyl (C=O) groups is 1. The second kappa shape index (κ2) is 12.4. The lowest BCUT2D eigenvalue weighted by Crippen LogP contribution is -2.60. The first-order valence-corrected chi connectivity index (χ1v) is 14.3. The predicted octanol–water partition coefficient (Wildman–Crippen LogP) is 5.01. The van der Waals surface area contributed by atoms with Gasteiger partial charge in [-0.3, -0.25) is 0 Å². The van der Waals surface area contributed by atoms with Crippen molar-refractivity contribution in [3.63, 3.8) is 0 Å². The van der Waals surface area contributed by atoms with Crippen molar-refractivity contribution in [3.8, 4) is 0 Å². The van der Waals surface area contributed by atoms with Gasteiger partial charge in [0, 0.05) is 6.07 Å². The van der Waals surface area contributed by atoms with E-state index in [0.29, 0.717) is 4.57 Å². The molecule has 3 atom stereocenters. The van der Waals surface area contributed by atoms with Gasteiger partial charge in [-0.25, -0.2) is 4.79 Å². The quantitative estimate of drug-likeness (QED) is 0.138. The van der Waals surface area contributed by atoms with Crippen molar-refractivity contribution >= 4 is 11.8 Å². The Labute approximate surface area is 257 Å². The largest absolute Gasteiger partial charge is 0.499 e. The van der Waals surface area contributed by atoms with Gasteiger partial charge in [0.1, 0.15) is 17.9 Å². The van der Waals surface area contributed by atoms with Crippen molar-refractivity contribution < 1.29 is 32.4 Å². The molecular weight excluding hydrogens is 580 g/mol. The minimum atomic E-state index is -3.85. The van der Waals surface area contributed by atoms with Crippen LogP contribution in [-0.4, -0.2) is 35.7 Å². The number of aromatic nitrogens is 2. The number of nitrogen functional groups attached to an aromatic ring is 1. The fraction of sp³-hybridized carbons (Fsp3) is 0.171. The molecule has 1 aliphatic rings. The van der Waals surface area contributed by atoms with Gasteiger partial charge in [-0.15, -0.1) is 0 Å². The fourth-order valence-corrected chi connectivity index (χ4v) is 5.62. The number of rotatable bonds is 9. The molecule has 1 aromatic heterocycles. The van der Waals surface area contributed by atoms with Gasteiger partial charge in [0.25, 0.3) is 6.23 Å². The van der Waals surface area contributed by atoms with Crippen LogP contribution < -0.4 is 16.0 Å². The Balaban J connectivity index is 1.43. The molecule has 1 fully saturated rings. The molecule has 228 valence electrons. The molecule has 2 heterocycles. The number of nitrogens with one attached hydrogen (secondary N) is 1. The van der Waals surface area contributed by atoms with Gasteiger partial charge in [0.05, 0.1) is 12.2 Å². The Kier molecular flexibility index (Phi) is 8.25. The Hall–Kier alpha value is -5.19. The zero-order valence-electron chi connectivity index (χ0n) is 24.0. The zero-order chi connectivity index (χ0) is 31.4. The number of halogens is 2. The van der Waals surface area contributed by atoms with Crippen LogP contribution >= 0.6 is 0 Å². The third-order valence-corrected chi connectivity index (χ3v) is 7.75. The maximum atomic E-state index is 16.3. The number of aromatic amines is 1. The number of ether oxygens (including phenoxy) is 3. The van der Waals surface area contributed by atoms with Crippen LogP contribution in [0.4, 0.5) is 14.6 Å². The lowest BCUT2D eigenvalue weighted by Gasteiger charge is -2.37. The molecular formula is C35H30F2N3O5+. The highest BCUT2D eigenvalue weighted by Crippen LogP contribution is 2.45. The molecule has 1 aliphatic heterocycles. The number of hydrogen-bond donors (Lipinski definition) is 2. The van der Waals surface area contributed by atoms with Crippen LogP contribution in [0.1, 0.15) is 33.3 Å². The maximum Gasteiger partial charge on any atom is 0.499 e. The Bertz CT molecular complexity index is 1710. The van der Waals surface area contributed by atoms with Gasteiger partial charge in [-0.05, 0) is 28.8 Å². The highest BCUT2D eigenvalue weighted by molar-refractivity contribution is 5.89. The normalized spacial score (nSPS) is 19.2. The Morgan fingerprint density at radius 3 is 1.80 bits per heavy atom. The lowest BCUT2D eigenvalue weighted by molar-refractivity contribution is -0.789. The van der Waals surface area contributed by atoms with Crippen molar-refractivity contribution in [2.45, 2.75) is 30.0 Å². The average molecular weight is 611 g/mol. The molecule has 5 aromatic rings. The highest BCUT2D eigenvalue weighted by Gasteiger charge is 2.65. The van der Waals surface area contributed by atoms with E-state index >= 15 is 8.78 Å². The van der Waals surface area contributed by atoms with Gasteiger partial charge in [-0.2, -0.15) is 23.1 Å². The van der Waals surface area contributed by atoms with E-state index in [-0.39, 0.29) is 11.4 Å². The van der Waals surface area contributed by atoms with E-state index in [1.165, 1.54) is 18.2 Å².